The molecule has 2 nitrogen and oxygen atoms in total. The van der Waals surface area contributed by atoms with Gasteiger partial charge in [-0.1, -0.05) is 6.92 Å². The van der Waals surface area contributed by atoms with Gasteiger partial charge in [0, 0.05) is 6.54 Å². The van der Waals surface area contributed by atoms with Crippen LogP contribution in [0.3, 0.4) is 0 Å². The first-order valence-electron chi connectivity index (χ1n) is 3.92. The number of nitriles is 1. The summed E-state index contributed by atoms with van der Waals surface area (Å²) in [5.41, 5.74) is 0. The molecule has 56 valence electrons. The van der Waals surface area contributed by atoms with E-state index in [4.69, 9.17) is 5.26 Å². The molecule has 1 aliphatic rings. The van der Waals surface area contributed by atoms with Crippen molar-refractivity contribution in [1.29, 1.82) is 5.26 Å². The number of rotatable bonds is 1. The summed E-state index contributed by atoms with van der Waals surface area (Å²) in [7, 11) is 0. The zero-order valence-corrected chi connectivity index (χ0v) is 6.51. The topological polar surface area (TPSA) is 27.0 Å². The fraction of sp³-hybridized carbons (Fsp3) is 0.875. The van der Waals surface area contributed by atoms with E-state index in [-0.39, 0.29) is 0 Å². The van der Waals surface area contributed by atoms with Gasteiger partial charge in [-0.05, 0) is 25.3 Å². The second kappa shape index (κ2) is 3.58. The first-order valence-corrected chi connectivity index (χ1v) is 3.92. The molecule has 0 unspecified atom stereocenters. The predicted molar refractivity (Wildman–Crippen MR) is 40.5 cm³/mol. The molecule has 0 aromatic heterocycles. The highest BCUT2D eigenvalue weighted by atomic mass is 15.1. The van der Waals surface area contributed by atoms with Crippen LogP contribution in [0.15, 0.2) is 0 Å². The first kappa shape index (κ1) is 7.56. The first-order chi connectivity index (χ1) is 4.83. The van der Waals surface area contributed by atoms with E-state index in [0.717, 1.165) is 19.0 Å². The summed E-state index contributed by atoms with van der Waals surface area (Å²) < 4.78 is 0. The maximum atomic E-state index is 8.41. The van der Waals surface area contributed by atoms with E-state index in [2.05, 4.69) is 17.9 Å². The van der Waals surface area contributed by atoms with Crippen molar-refractivity contribution >= 4 is 0 Å². The Morgan fingerprint density at radius 2 is 2.50 bits per heavy atom. The number of likely N-dealkylation sites (tertiary alicyclic amines) is 1. The third-order valence-electron chi connectivity index (χ3n) is 2.04. The molecule has 0 amide bonds. The monoisotopic (exact) mass is 138 g/mol. The van der Waals surface area contributed by atoms with Crippen molar-refractivity contribution in [2.45, 2.75) is 19.8 Å². The Balaban J connectivity index is 2.27. The lowest BCUT2D eigenvalue weighted by Crippen LogP contribution is -2.34. The summed E-state index contributed by atoms with van der Waals surface area (Å²) >= 11 is 0. The average Bonchev–Trinajstić information content (AvgIpc) is 1.88. The summed E-state index contributed by atoms with van der Waals surface area (Å²) in [5, 5.41) is 8.41. The van der Waals surface area contributed by atoms with E-state index >= 15 is 0 Å². The lowest BCUT2D eigenvalue weighted by Gasteiger charge is -2.28. The van der Waals surface area contributed by atoms with Gasteiger partial charge in [0.15, 0.2) is 0 Å². The maximum absolute atomic E-state index is 8.41. The minimum absolute atomic E-state index is 0.615. The Hall–Kier alpha value is -0.550. The van der Waals surface area contributed by atoms with Crippen molar-refractivity contribution in [2.75, 3.05) is 19.6 Å². The van der Waals surface area contributed by atoms with Gasteiger partial charge in [-0.25, -0.2) is 0 Å². The number of hydrogen-bond donors (Lipinski definition) is 0. The van der Waals surface area contributed by atoms with Crippen LogP contribution in [-0.4, -0.2) is 24.5 Å². The van der Waals surface area contributed by atoms with Crippen LogP contribution < -0.4 is 0 Å². The molecule has 0 aromatic carbocycles. The van der Waals surface area contributed by atoms with Crippen LogP contribution in [0, 0.1) is 17.2 Å². The Kier molecular flexibility index (Phi) is 2.70. The zero-order valence-electron chi connectivity index (χ0n) is 6.51. The fourth-order valence-electron chi connectivity index (χ4n) is 1.53. The van der Waals surface area contributed by atoms with Crippen LogP contribution >= 0.6 is 0 Å². The highest BCUT2D eigenvalue weighted by molar-refractivity contribution is 4.79. The molecule has 0 spiro atoms. The largest absolute Gasteiger partial charge is 0.290 e. The van der Waals surface area contributed by atoms with Crippen molar-refractivity contribution in [3.05, 3.63) is 0 Å². The second-order valence-electron chi connectivity index (χ2n) is 3.14. The third kappa shape index (κ3) is 2.00. The third-order valence-corrected chi connectivity index (χ3v) is 2.04. The van der Waals surface area contributed by atoms with Crippen LogP contribution in [0.1, 0.15) is 19.8 Å². The Morgan fingerprint density at radius 3 is 3.10 bits per heavy atom. The summed E-state index contributed by atoms with van der Waals surface area (Å²) in [6, 6.07) is 2.18. The molecule has 1 saturated heterocycles. The number of nitrogens with zero attached hydrogens (tertiary/aromatic N) is 2. The molecule has 2 heteroatoms. The van der Waals surface area contributed by atoms with Gasteiger partial charge in [0.25, 0.3) is 0 Å². The SMILES string of the molecule is C[C@H]1CCCN(CC#N)C1. The maximum Gasteiger partial charge on any atom is 0.0866 e. The Labute approximate surface area is 62.4 Å². The molecule has 1 heterocycles. The summed E-state index contributed by atoms with van der Waals surface area (Å²) in [4.78, 5) is 2.23. The predicted octanol–water partition coefficient (Wildman–Crippen LogP) is 1.24. The average molecular weight is 138 g/mol. The molecular weight excluding hydrogens is 124 g/mol. The van der Waals surface area contributed by atoms with Gasteiger partial charge >= 0.3 is 0 Å². The van der Waals surface area contributed by atoms with Gasteiger partial charge < -0.3 is 0 Å². The molecule has 0 saturated carbocycles. The molecule has 0 N–H and O–H groups in total. The molecule has 10 heavy (non-hydrogen) atoms. The zero-order chi connectivity index (χ0) is 7.40. The van der Waals surface area contributed by atoms with E-state index in [1.54, 1.807) is 0 Å². The van der Waals surface area contributed by atoms with E-state index in [1.165, 1.54) is 12.8 Å². The lowest BCUT2D eigenvalue weighted by atomic mass is 10.0. The van der Waals surface area contributed by atoms with E-state index in [1.807, 2.05) is 0 Å². The normalized spacial score (nSPS) is 27.8. The molecule has 1 aliphatic heterocycles. The summed E-state index contributed by atoms with van der Waals surface area (Å²) in [5.74, 6) is 0.794. The second-order valence-corrected chi connectivity index (χ2v) is 3.14. The van der Waals surface area contributed by atoms with Gasteiger partial charge in [0.2, 0.25) is 0 Å². The van der Waals surface area contributed by atoms with Crippen molar-refractivity contribution in [2.24, 2.45) is 5.92 Å². The van der Waals surface area contributed by atoms with Gasteiger partial charge in [0.05, 0.1) is 12.6 Å². The van der Waals surface area contributed by atoms with E-state index in [0.29, 0.717) is 6.54 Å². The van der Waals surface area contributed by atoms with Crippen LogP contribution in [-0.2, 0) is 0 Å². The molecular formula is C8H14N2. The minimum atomic E-state index is 0.615. The van der Waals surface area contributed by atoms with Crippen molar-refractivity contribution < 1.29 is 0 Å². The highest BCUT2D eigenvalue weighted by Crippen LogP contribution is 2.14. The lowest BCUT2D eigenvalue weighted by molar-refractivity contribution is 0.203. The van der Waals surface area contributed by atoms with Crippen molar-refractivity contribution in [3.63, 3.8) is 0 Å². The van der Waals surface area contributed by atoms with Crippen LogP contribution in [0.5, 0.6) is 0 Å². The van der Waals surface area contributed by atoms with E-state index < -0.39 is 0 Å². The van der Waals surface area contributed by atoms with Gasteiger partial charge in [-0.2, -0.15) is 5.26 Å². The Morgan fingerprint density at radius 1 is 1.70 bits per heavy atom. The highest BCUT2D eigenvalue weighted by Gasteiger charge is 2.14. The molecule has 0 bridgehead atoms. The smallest absolute Gasteiger partial charge is 0.0866 e. The van der Waals surface area contributed by atoms with Gasteiger partial charge in [-0.15, -0.1) is 0 Å². The minimum Gasteiger partial charge on any atom is -0.290 e. The molecule has 0 aromatic rings. The Bertz CT molecular complexity index is 137. The van der Waals surface area contributed by atoms with Crippen LogP contribution in [0.25, 0.3) is 0 Å². The number of hydrogen-bond acceptors (Lipinski definition) is 2. The van der Waals surface area contributed by atoms with Crippen LogP contribution in [0.4, 0.5) is 0 Å². The van der Waals surface area contributed by atoms with Crippen molar-refractivity contribution in [1.82, 2.24) is 4.90 Å². The number of piperidine rings is 1. The summed E-state index contributed by atoms with van der Waals surface area (Å²) in [6.45, 7) is 5.11. The molecule has 1 atom stereocenters. The van der Waals surface area contributed by atoms with Crippen molar-refractivity contribution in [3.8, 4) is 6.07 Å². The molecule has 0 aliphatic carbocycles. The fourth-order valence-corrected chi connectivity index (χ4v) is 1.53. The standard InChI is InChI=1S/C8H14N2/c1-8-3-2-5-10(7-8)6-4-9/h8H,2-3,5-7H2,1H3/t8-/m0/s1. The van der Waals surface area contributed by atoms with E-state index in [9.17, 15) is 0 Å². The molecule has 1 rings (SSSR count). The molecule has 1 fully saturated rings. The van der Waals surface area contributed by atoms with Crippen LogP contribution in [0.2, 0.25) is 0 Å². The quantitative estimate of drug-likeness (QED) is 0.510. The molecule has 0 radical (unpaired) electrons. The summed E-state index contributed by atoms with van der Waals surface area (Å²) in [6.07, 6.45) is 2.60. The van der Waals surface area contributed by atoms with Gasteiger partial charge in [-0.3, -0.25) is 4.90 Å². The van der Waals surface area contributed by atoms with Gasteiger partial charge in [0.1, 0.15) is 0 Å².